The third kappa shape index (κ3) is 4.72. The second-order valence-corrected chi connectivity index (χ2v) is 8.69. The van der Waals surface area contributed by atoms with E-state index in [-0.39, 0.29) is 5.41 Å². The van der Waals surface area contributed by atoms with Gasteiger partial charge < -0.3 is 5.32 Å². The summed E-state index contributed by atoms with van der Waals surface area (Å²) in [5, 5.41) is 3.55. The number of hydrogen-bond donors (Lipinski definition) is 1. The molecule has 0 radical (unpaired) electrons. The molecule has 0 aliphatic heterocycles. The van der Waals surface area contributed by atoms with Crippen molar-refractivity contribution in [3.63, 3.8) is 0 Å². The maximum atomic E-state index is 3.55. The lowest BCUT2D eigenvalue weighted by atomic mass is 9.78. The summed E-state index contributed by atoms with van der Waals surface area (Å²) >= 11 is 0. The fourth-order valence-electron chi connectivity index (χ4n) is 4.31. The van der Waals surface area contributed by atoms with Gasteiger partial charge in [0, 0.05) is 22.7 Å². The highest BCUT2D eigenvalue weighted by atomic mass is 14.9. The first-order valence-electron chi connectivity index (χ1n) is 11.2. The van der Waals surface area contributed by atoms with E-state index in [1.807, 2.05) is 0 Å². The Hall–Kier alpha value is -3.32. The molecule has 4 aromatic rings. The summed E-state index contributed by atoms with van der Waals surface area (Å²) < 4.78 is 0. The first kappa shape index (κ1) is 20.9. The minimum absolute atomic E-state index is 0.0198. The average molecular weight is 406 g/mol. The van der Waals surface area contributed by atoms with Gasteiger partial charge in [0.1, 0.15) is 0 Å². The molecule has 4 aromatic carbocycles. The highest BCUT2D eigenvalue weighted by molar-refractivity contribution is 5.61. The summed E-state index contributed by atoms with van der Waals surface area (Å²) in [4.78, 5) is 0. The van der Waals surface area contributed by atoms with Crippen molar-refractivity contribution in [2.45, 2.75) is 38.5 Å². The van der Waals surface area contributed by atoms with E-state index in [9.17, 15) is 0 Å². The van der Waals surface area contributed by atoms with Crippen LogP contribution in [0.5, 0.6) is 0 Å². The second-order valence-electron chi connectivity index (χ2n) is 8.69. The molecule has 0 heterocycles. The third-order valence-corrected chi connectivity index (χ3v) is 6.31. The van der Waals surface area contributed by atoms with Gasteiger partial charge in [-0.05, 0) is 52.9 Å². The molecule has 0 aromatic heterocycles. The van der Waals surface area contributed by atoms with Gasteiger partial charge in [-0.15, -0.1) is 0 Å². The van der Waals surface area contributed by atoms with Crippen LogP contribution < -0.4 is 5.32 Å². The van der Waals surface area contributed by atoms with Crippen LogP contribution in [0.3, 0.4) is 0 Å². The zero-order chi connectivity index (χ0) is 21.7. The van der Waals surface area contributed by atoms with Crippen LogP contribution >= 0.6 is 0 Å². The van der Waals surface area contributed by atoms with E-state index in [1.165, 1.54) is 22.3 Å². The molecule has 0 saturated heterocycles. The number of hydrogen-bond acceptors (Lipinski definition) is 1. The summed E-state index contributed by atoms with van der Waals surface area (Å²) in [5.41, 5.74) is 7.58. The van der Waals surface area contributed by atoms with Crippen molar-refractivity contribution in [1.29, 1.82) is 0 Å². The van der Waals surface area contributed by atoms with Crippen LogP contribution in [-0.4, -0.2) is 0 Å². The van der Waals surface area contributed by atoms with E-state index in [2.05, 4.69) is 135 Å². The molecular weight excluding hydrogens is 374 g/mol. The van der Waals surface area contributed by atoms with Gasteiger partial charge in [0.25, 0.3) is 0 Å². The largest absolute Gasteiger partial charge is 0.356 e. The number of benzene rings is 4. The first-order chi connectivity index (χ1) is 15.1. The zero-order valence-corrected chi connectivity index (χ0v) is 18.7. The van der Waals surface area contributed by atoms with Crippen LogP contribution in [0.25, 0.3) is 0 Å². The van der Waals surface area contributed by atoms with Crippen LogP contribution in [0, 0.1) is 0 Å². The van der Waals surface area contributed by atoms with Gasteiger partial charge in [0.05, 0.1) is 0 Å². The highest BCUT2D eigenvalue weighted by Gasteiger charge is 2.22. The molecule has 4 rings (SSSR count). The minimum Gasteiger partial charge on any atom is -0.356 e. The summed E-state index contributed by atoms with van der Waals surface area (Å²) in [6.45, 7) is 6.81. The van der Waals surface area contributed by atoms with Crippen LogP contribution in [0.15, 0.2) is 109 Å². The fourth-order valence-corrected chi connectivity index (χ4v) is 4.31. The molecule has 1 nitrogen and oxygen atoms in total. The Morgan fingerprint density at radius 2 is 1.03 bits per heavy atom. The van der Waals surface area contributed by atoms with Crippen molar-refractivity contribution in [3.8, 4) is 0 Å². The average Bonchev–Trinajstić information content (AvgIpc) is 2.82. The van der Waals surface area contributed by atoms with Gasteiger partial charge in [-0.1, -0.05) is 106 Å². The molecule has 1 atom stereocenters. The second kappa shape index (κ2) is 9.22. The molecule has 0 fully saturated rings. The van der Waals surface area contributed by atoms with E-state index in [4.69, 9.17) is 0 Å². The lowest BCUT2D eigenvalue weighted by Gasteiger charge is -2.26. The summed E-state index contributed by atoms with van der Waals surface area (Å²) in [7, 11) is 0. The van der Waals surface area contributed by atoms with Crippen molar-refractivity contribution in [1.82, 2.24) is 0 Å². The smallest absolute Gasteiger partial charge is 0.0384 e. The molecule has 1 unspecified atom stereocenters. The maximum Gasteiger partial charge on any atom is 0.0384 e. The zero-order valence-electron chi connectivity index (χ0n) is 18.7. The Labute approximate surface area is 186 Å². The van der Waals surface area contributed by atoms with Crippen LogP contribution in [0.1, 0.15) is 55.4 Å². The number of rotatable bonds is 7. The van der Waals surface area contributed by atoms with E-state index in [1.54, 1.807) is 0 Å². The Morgan fingerprint density at radius 3 is 1.58 bits per heavy atom. The lowest BCUT2D eigenvalue weighted by Crippen LogP contribution is -2.18. The predicted octanol–water partition coefficient (Wildman–Crippen LogP) is 8.30. The van der Waals surface area contributed by atoms with Crippen molar-refractivity contribution >= 4 is 11.4 Å². The molecule has 0 aliphatic carbocycles. The lowest BCUT2D eigenvalue weighted by molar-refractivity contribution is 0.641. The van der Waals surface area contributed by atoms with Crippen molar-refractivity contribution in [3.05, 3.63) is 131 Å². The van der Waals surface area contributed by atoms with Gasteiger partial charge in [0.2, 0.25) is 0 Å². The molecule has 1 N–H and O–H groups in total. The highest BCUT2D eigenvalue weighted by Crippen LogP contribution is 2.33. The number of anilines is 2. The Bertz CT molecular complexity index is 1080. The van der Waals surface area contributed by atoms with Gasteiger partial charge in [-0.2, -0.15) is 0 Å². The molecule has 0 spiro atoms. The molecule has 0 saturated carbocycles. The standard InChI is InChI=1S/C30H31N/c1-4-29(23-11-7-5-8-12-23)24-15-19-27(20-16-24)31-28-21-17-26(18-22-28)30(2,3)25-13-9-6-10-14-25/h5-22,29,31H,4H2,1-3H3. The van der Waals surface area contributed by atoms with Gasteiger partial charge in [-0.25, -0.2) is 0 Å². The molecule has 1 heteroatoms. The SMILES string of the molecule is CCC(c1ccccc1)c1ccc(Nc2ccc(C(C)(C)c3ccccc3)cc2)cc1. The van der Waals surface area contributed by atoms with Gasteiger partial charge in [0.15, 0.2) is 0 Å². The molecular formula is C30H31N. The molecule has 31 heavy (non-hydrogen) atoms. The quantitative estimate of drug-likeness (QED) is 0.326. The third-order valence-electron chi connectivity index (χ3n) is 6.31. The summed E-state index contributed by atoms with van der Waals surface area (Å²) in [6.07, 6.45) is 1.09. The van der Waals surface area contributed by atoms with E-state index in [0.717, 1.165) is 17.8 Å². The molecule has 0 amide bonds. The van der Waals surface area contributed by atoms with Crippen LogP contribution in [-0.2, 0) is 5.41 Å². The first-order valence-corrected chi connectivity index (χ1v) is 11.2. The number of nitrogens with one attached hydrogen (secondary N) is 1. The normalized spacial score (nSPS) is 12.4. The van der Waals surface area contributed by atoms with Crippen LogP contribution in [0.2, 0.25) is 0 Å². The molecule has 0 bridgehead atoms. The Balaban J connectivity index is 1.47. The fraction of sp³-hybridized carbons (Fsp3) is 0.200. The molecule has 156 valence electrons. The minimum atomic E-state index is -0.0198. The van der Waals surface area contributed by atoms with Crippen molar-refractivity contribution in [2.75, 3.05) is 5.32 Å². The predicted molar refractivity (Wildman–Crippen MR) is 133 cm³/mol. The monoisotopic (exact) mass is 405 g/mol. The molecule has 0 aliphatic rings. The van der Waals surface area contributed by atoms with Gasteiger partial charge >= 0.3 is 0 Å². The Morgan fingerprint density at radius 1 is 0.581 bits per heavy atom. The van der Waals surface area contributed by atoms with Crippen LogP contribution in [0.4, 0.5) is 11.4 Å². The summed E-state index contributed by atoms with van der Waals surface area (Å²) in [5.74, 6) is 0.440. The van der Waals surface area contributed by atoms with E-state index >= 15 is 0 Å². The Kier molecular flexibility index (Phi) is 6.23. The van der Waals surface area contributed by atoms with Crippen molar-refractivity contribution in [2.24, 2.45) is 0 Å². The van der Waals surface area contributed by atoms with E-state index < -0.39 is 0 Å². The topological polar surface area (TPSA) is 12.0 Å². The van der Waals surface area contributed by atoms with E-state index in [0.29, 0.717) is 5.92 Å². The maximum absolute atomic E-state index is 3.55. The van der Waals surface area contributed by atoms with Gasteiger partial charge in [-0.3, -0.25) is 0 Å². The summed E-state index contributed by atoms with van der Waals surface area (Å²) in [6, 6.07) is 39.1. The van der Waals surface area contributed by atoms with Crippen molar-refractivity contribution < 1.29 is 0 Å².